The normalized spacial score (nSPS) is 17.5. The molecule has 4 rings (SSSR count). The second-order valence-electron chi connectivity index (χ2n) is 9.14. The first-order chi connectivity index (χ1) is 16.0. The highest BCUT2D eigenvalue weighted by Crippen LogP contribution is 2.38. The van der Waals surface area contributed by atoms with E-state index in [0.29, 0.717) is 29.0 Å². The number of halogens is 1. The summed E-state index contributed by atoms with van der Waals surface area (Å²) in [5, 5.41) is 0.276. The number of nitrogens with zero attached hydrogens (tertiary/aromatic N) is 3. The first-order valence-corrected chi connectivity index (χ1v) is 12.7. The maximum absolute atomic E-state index is 13.2. The van der Waals surface area contributed by atoms with Gasteiger partial charge in [0.05, 0.1) is 11.3 Å². The molecule has 2 aromatic heterocycles. The minimum Gasteiger partial charge on any atom is -0.384 e. The van der Waals surface area contributed by atoms with Crippen molar-refractivity contribution >= 4 is 39.2 Å². The van der Waals surface area contributed by atoms with E-state index >= 15 is 0 Å². The van der Waals surface area contributed by atoms with Crippen LogP contribution >= 0.6 is 11.6 Å². The molecule has 8 nitrogen and oxygen atoms in total. The van der Waals surface area contributed by atoms with Crippen molar-refractivity contribution in [2.24, 2.45) is 5.92 Å². The summed E-state index contributed by atoms with van der Waals surface area (Å²) in [4.78, 5) is 24.0. The number of nitrogen functional groups attached to an aromatic ring is 1. The number of carbonyl (C=O) groups excluding carboxylic acids is 1. The molecule has 3 N–H and O–H groups in total. The Morgan fingerprint density at radius 2 is 1.82 bits per heavy atom. The van der Waals surface area contributed by atoms with Crippen molar-refractivity contribution in [1.82, 2.24) is 14.7 Å². The fourth-order valence-corrected chi connectivity index (χ4v) is 5.45. The topological polar surface area (TPSA) is 118 Å². The number of anilines is 2. The van der Waals surface area contributed by atoms with Crippen LogP contribution in [0.3, 0.4) is 0 Å². The molecule has 0 radical (unpaired) electrons. The molecule has 34 heavy (non-hydrogen) atoms. The van der Waals surface area contributed by atoms with Crippen LogP contribution in [0.1, 0.15) is 37.6 Å². The molecular weight excluding hydrogens is 474 g/mol. The molecule has 1 atom stereocenters. The monoisotopic (exact) mass is 499 g/mol. The Kier molecular flexibility index (Phi) is 6.26. The number of rotatable bonds is 5. The Labute approximate surface area is 204 Å². The summed E-state index contributed by atoms with van der Waals surface area (Å²) in [6.07, 6.45) is 0.909. The number of hydrogen-bond donors (Lipinski definition) is 2. The van der Waals surface area contributed by atoms with Gasteiger partial charge in [0.25, 0.3) is 15.9 Å². The van der Waals surface area contributed by atoms with Crippen LogP contribution in [0, 0.1) is 5.92 Å². The Morgan fingerprint density at radius 1 is 1.12 bits per heavy atom. The summed E-state index contributed by atoms with van der Waals surface area (Å²) in [5.74, 6) is 0.0599. The maximum Gasteiger partial charge on any atom is 0.281 e. The molecular formula is C24H26ClN5O3S. The minimum atomic E-state index is -4.23. The van der Waals surface area contributed by atoms with E-state index in [1.165, 1.54) is 18.2 Å². The van der Waals surface area contributed by atoms with Gasteiger partial charge in [-0.2, -0.15) is 8.42 Å². The van der Waals surface area contributed by atoms with E-state index in [1.807, 2.05) is 12.1 Å². The molecule has 10 heteroatoms. The van der Waals surface area contributed by atoms with Gasteiger partial charge in [0.2, 0.25) is 0 Å². The molecule has 3 aromatic rings. The number of aromatic nitrogens is 2. The molecule has 0 aliphatic carbocycles. The lowest BCUT2D eigenvalue weighted by Gasteiger charge is -2.34. The van der Waals surface area contributed by atoms with Crippen molar-refractivity contribution in [2.75, 3.05) is 17.2 Å². The van der Waals surface area contributed by atoms with E-state index in [0.717, 1.165) is 12.0 Å². The minimum absolute atomic E-state index is 0.0396. The summed E-state index contributed by atoms with van der Waals surface area (Å²) in [7, 11) is -4.23. The summed E-state index contributed by atoms with van der Waals surface area (Å²) < 4.78 is 27.7. The molecule has 1 aliphatic heterocycles. The fraction of sp³-hybridized carbons (Fsp3) is 0.292. The molecule has 1 aliphatic rings. The molecule has 0 saturated carbocycles. The van der Waals surface area contributed by atoms with Gasteiger partial charge in [-0.05, 0) is 62.6 Å². The van der Waals surface area contributed by atoms with E-state index in [4.69, 9.17) is 22.3 Å². The van der Waals surface area contributed by atoms with Crippen molar-refractivity contribution in [2.45, 2.75) is 37.8 Å². The number of nitrogens with one attached hydrogen (secondary N) is 1. The Hall–Kier alpha value is -3.17. The van der Waals surface area contributed by atoms with Gasteiger partial charge in [-0.1, -0.05) is 36.7 Å². The van der Waals surface area contributed by atoms with Crippen LogP contribution in [-0.2, 0) is 10.0 Å². The van der Waals surface area contributed by atoms with Crippen LogP contribution in [0.5, 0.6) is 0 Å². The van der Waals surface area contributed by atoms with Crippen molar-refractivity contribution in [1.29, 1.82) is 0 Å². The average Bonchev–Trinajstić information content (AvgIpc) is 3.05. The number of sulfonamides is 1. The van der Waals surface area contributed by atoms with Gasteiger partial charge < -0.3 is 10.6 Å². The molecule has 0 spiro atoms. The number of hydrogen-bond acceptors (Lipinski definition) is 7. The van der Waals surface area contributed by atoms with Crippen molar-refractivity contribution in [3.63, 3.8) is 0 Å². The molecule has 1 saturated heterocycles. The number of pyridine rings is 2. The number of amides is 1. The lowest BCUT2D eigenvalue weighted by atomic mass is 9.97. The third-order valence-electron chi connectivity index (χ3n) is 5.84. The maximum atomic E-state index is 13.2. The first-order valence-electron chi connectivity index (χ1n) is 10.8. The average molecular weight is 500 g/mol. The van der Waals surface area contributed by atoms with Crippen LogP contribution in [0.15, 0.2) is 59.6 Å². The van der Waals surface area contributed by atoms with Crippen molar-refractivity contribution in [3.8, 4) is 11.3 Å². The first kappa shape index (κ1) is 24.0. The van der Waals surface area contributed by atoms with E-state index in [1.54, 1.807) is 24.3 Å². The summed E-state index contributed by atoms with van der Waals surface area (Å²) in [5.41, 5.74) is 6.99. The van der Waals surface area contributed by atoms with Crippen molar-refractivity contribution < 1.29 is 13.2 Å². The number of benzene rings is 1. The smallest absolute Gasteiger partial charge is 0.281 e. The summed E-state index contributed by atoms with van der Waals surface area (Å²) >= 11 is 6.02. The van der Waals surface area contributed by atoms with Gasteiger partial charge in [-0.25, -0.2) is 14.7 Å². The molecule has 178 valence electrons. The van der Waals surface area contributed by atoms with Gasteiger partial charge >= 0.3 is 0 Å². The Bertz CT molecular complexity index is 1340. The quantitative estimate of drug-likeness (QED) is 0.542. The predicted molar refractivity (Wildman–Crippen MR) is 133 cm³/mol. The van der Waals surface area contributed by atoms with Crippen LogP contribution in [0.2, 0.25) is 5.02 Å². The van der Waals surface area contributed by atoms with E-state index in [9.17, 15) is 13.2 Å². The highest BCUT2D eigenvalue weighted by Gasteiger charge is 2.39. The molecule has 3 heterocycles. The second-order valence-corrected chi connectivity index (χ2v) is 11.2. The van der Waals surface area contributed by atoms with Gasteiger partial charge in [-0.3, -0.25) is 4.79 Å². The fourth-order valence-electron chi connectivity index (χ4n) is 4.38. The standard InChI is InChI=1S/C24H26ClN5O3S/c1-15-13-24(2,3)30(14-15)22-18(11-12-19(27-22)16-7-9-17(25)10-8-16)23(31)29-34(32,33)21-6-4-5-20(26)28-21/h4-12,15H,13-14H2,1-3H3,(H2,26,28)(H,29,31). The van der Waals surface area contributed by atoms with Gasteiger partial charge in [0, 0.05) is 22.7 Å². The van der Waals surface area contributed by atoms with Crippen molar-refractivity contribution in [3.05, 3.63) is 65.2 Å². The van der Waals surface area contributed by atoms with Crippen LogP contribution in [0.25, 0.3) is 11.3 Å². The number of nitrogens with two attached hydrogens (primary N) is 1. The third-order valence-corrected chi connectivity index (χ3v) is 7.32. The lowest BCUT2D eigenvalue weighted by Crippen LogP contribution is -2.41. The zero-order valence-electron chi connectivity index (χ0n) is 19.1. The van der Waals surface area contributed by atoms with Crippen LogP contribution in [0.4, 0.5) is 11.6 Å². The molecule has 0 bridgehead atoms. The van der Waals surface area contributed by atoms with Crippen LogP contribution in [-0.4, -0.2) is 36.4 Å². The summed E-state index contributed by atoms with van der Waals surface area (Å²) in [6, 6.07) is 14.7. The van der Waals surface area contributed by atoms with E-state index < -0.39 is 15.9 Å². The zero-order chi connectivity index (χ0) is 24.7. The number of carbonyl (C=O) groups is 1. The SMILES string of the molecule is CC1CN(c2nc(-c3ccc(Cl)cc3)ccc2C(=O)NS(=O)(=O)c2cccc(N)n2)C(C)(C)C1. The van der Waals surface area contributed by atoms with E-state index in [2.05, 4.69) is 35.4 Å². The Morgan fingerprint density at radius 3 is 2.44 bits per heavy atom. The van der Waals surface area contributed by atoms with Gasteiger partial charge in [0.1, 0.15) is 11.6 Å². The molecule has 1 unspecified atom stereocenters. The third kappa shape index (κ3) is 4.85. The molecule has 1 fully saturated rings. The summed E-state index contributed by atoms with van der Waals surface area (Å²) in [6.45, 7) is 7.00. The Balaban J connectivity index is 1.76. The molecule has 1 amide bonds. The predicted octanol–water partition coefficient (Wildman–Crippen LogP) is 4.12. The zero-order valence-corrected chi connectivity index (χ0v) is 20.7. The van der Waals surface area contributed by atoms with Crippen LogP contribution < -0.4 is 15.4 Å². The van der Waals surface area contributed by atoms with Gasteiger partial charge in [-0.15, -0.1) is 0 Å². The highest BCUT2D eigenvalue weighted by molar-refractivity contribution is 7.90. The highest BCUT2D eigenvalue weighted by atomic mass is 35.5. The molecule has 1 aromatic carbocycles. The van der Waals surface area contributed by atoms with E-state index in [-0.39, 0.29) is 21.9 Å². The lowest BCUT2D eigenvalue weighted by molar-refractivity contribution is 0.0981. The van der Waals surface area contributed by atoms with Gasteiger partial charge in [0.15, 0.2) is 5.03 Å². The largest absolute Gasteiger partial charge is 0.384 e. The second kappa shape index (κ2) is 8.88.